The van der Waals surface area contributed by atoms with Crippen LogP contribution in [-0.4, -0.2) is 51.7 Å². The van der Waals surface area contributed by atoms with Gasteiger partial charge in [0.05, 0.1) is 12.4 Å². The maximum absolute atomic E-state index is 14.3. The monoisotopic (exact) mass is 426 g/mol. The zero-order chi connectivity index (χ0) is 20.5. The Kier molecular flexibility index (Phi) is 5.28. The first-order valence-corrected chi connectivity index (χ1v) is 11.4. The third-order valence-corrected chi connectivity index (χ3v) is 6.18. The molecule has 3 heterocycles. The number of hydrogen-bond acceptors (Lipinski definition) is 8. The Bertz CT molecular complexity index is 1050. The fraction of sp³-hybridized carbons (Fsp3) is 0.429. The molecule has 1 aromatic carbocycles. The third kappa shape index (κ3) is 4.12. The topological polar surface area (TPSA) is 76.1 Å². The summed E-state index contributed by atoms with van der Waals surface area (Å²) in [5.74, 6) is 1.67. The standard InChI is InChI=1S/C21H23FN6OS/c1-30-15-4-5-19(16(22)10-15)29-14-6-8-28(9-7-14)21-20(25-13-2-3-13)26-17-11-23-24-12-18(17)27-21/h4-5,10-14H,2-3,6-9H2,1H3,(H,25,26). The van der Waals surface area contributed by atoms with Gasteiger partial charge >= 0.3 is 0 Å². The van der Waals surface area contributed by atoms with E-state index in [-0.39, 0.29) is 11.9 Å². The summed E-state index contributed by atoms with van der Waals surface area (Å²) in [5.41, 5.74) is 1.47. The maximum Gasteiger partial charge on any atom is 0.172 e. The van der Waals surface area contributed by atoms with E-state index < -0.39 is 0 Å². The van der Waals surface area contributed by atoms with Crippen LogP contribution in [0.5, 0.6) is 5.75 Å². The van der Waals surface area contributed by atoms with E-state index in [0.29, 0.717) is 11.8 Å². The van der Waals surface area contributed by atoms with Crippen LogP contribution in [0.15, 0.2) is 35.5 Å². The third-order valence-electron chi connectivity index (χ3n) is 5.45. The van der Waals surface area contributed by atoms with Crippen molar-refractivity contribution in [3.8, 4) is 5.75 Å². The molecule has 1 saturated carbocycles. The van der Waals surface area contributed by atoms with E-state index in [1.54, 1.807) is 18.5 Å². The minimum absolute atomic E-state index is 0.0185. The highest BCUT2D eigenvalue weighted by molar-refractivity contribution is 7.98. The molecule has 0 spiro atoms. The van der Waals surface area contributed by atoms with Gasteiger partial charge < -0.3 is 15.0 Å². The molecule has 1 aliphatic carbocycles. The van der Waals surface area contributed by atoms with Crippen molar-refractivity contribution in [3.05, 3.63) is 36.4 Å². The second kappa shape index (κ2) is 8.22. The maximum atomic E-state index is 14.3. The van der Waals surface area contributed by atoms with Gasteiger partial charge in [0.25, 0.3) is 0 Å². The fourth-order valence-corrected chi connectivity index (χ4v) is 4.05. The zero-order valence-electron chi connectivity index (χ0n) is 16.7. The average Bonchev–Trinajstić information content (AvgIpc) is 3.59. The number of nitrogens with one attached hydrogen (secondary N) is 1. The molecule has 5 rings (SSSR count). The number of rotatable bonds is 6. The quantitative estimate of drug-likeness (QED) is 0.595. The second-order valence-electron chi connectivity index (χ2n) is 7.67. The van der Waals surface area contributed by atoms with E-state index in [4.69, 9.17) is 14.7 Å². The number of ether oxygens (including phenoxy) is 1. The molecule has 156 valence electrons. The van der Waals surface area contributed by atoms with Crippen molar-refractivity contribution in [1.29, 1.82) is 0 Å². The van der Waals surface area contributed by atoms with Gasteiger partial charge in [-0.2, -0.15) is 10.2 Å². The van der Waals surface area contributed by atoms with Crippen LogP contribution >= 0.6 is 11.8 Å². The summed E-state index contributed by atoms with van der Waals surface area (Å²) in [6, 6.07) is 5.61. The van der Waals surface area contributed by atoms with Crippen molar-refractivity contribution in [2.24, 2.45) is 0 Å². The lowest BCUT2D eigenvalue weighted by atomic mass is 10.1. The number of halogens is 1. The molecule has 30 heavy (non-hydrogen) atoms. The number of fused-ring (bicyclic) bond motifs is 1. The van der Waals surface area contributed by atoms with Gasteiger partial charge in [0.1, 0.15) is 17.1 Å². The Balaban J connectivity index is 1.30. The largest absolute Gasteiger partial charge is 0.487 e. The van der Waals surface area contributed by atoms with Crippen molar-refractivity contribution < 1.29 is 9.13 Å². The van der Waals surface area contributed by atoms with Crippen LogP contribution in [0.25, 0.3) is 11.0 Å². The predicted molar refractivity (Wildman–Crippen MR) is 116 cm³/mol. The Morgan fingerprint density at radius 3 is 2.47 bits per heavy atom. The summed E-state index contributed by atoms with van der Waals surface area (Å²) in [6.07, 6.45) is 9.09. The molecule has 1 N–H and O–H groups in total. The van der Waals surface area contributed by atoms with Crippen LogP contribution in [0, 0.1) is 5.82 Å². The van der Waals surface area contributed by atoms with Crippen molar-refractivity contribution in [2.45, 2.75) is 42.7 Å². The predicted octanol–water partition coefficient (Wildman–Crippen LogP) is 3.90. The smallest absolute Gasteiger partial charge is 0.172 e. The molecule has 0 atom stereocenters. The number of benzene rings is 1. The highest BCUT2D eigenvalue weighted by Crippen LogP contribution is 2.33. The van der Waals surface area contributed by atoms with E-state index in [2.05, 4.69) is 20.4 Å². The number of aromatic nitrogens is 4. The molecular formula is C21H23FN6OS. The minimum Gasteiger partial charge on any atom is -0.487 e. The van der Waals surface area contributed by atoms with Gasteiger partial charge in [-0.25, -0.2) is 14.4 Å². The van der Waals surface area contributed by atoms with Crippen molar-refractivity contribution in [1.82, 2.24) is 20.2 Å². The number of piperidine rings is 1. The molecule has 9 heteroatoms. The molecule has 0 unspecified atom stereocenters. The number of anilines is 2. The highest BCUT2D eigenvalue weighted by Gasteiger charge is 2.28. The summed E-state index contributed by atoms with van der Waals surface area (Å²) >= 11 is 1.52. The lowest BCUT2D eigenvalue weighted by Gasteiger charge is -2.33. The number of nitrogens with zero attached hydrogens (tertiary/aromatic N) is 5. The summed E-state index contributed by atoms with van der Waals surface area (Å²) in [6.45, 7) is 1.54. The molecule has 0 radical (unpaired) electrons. The Hall–Kier alpha value is -2.68. The lowest BCUT2D eigenvalue weighted by molar-refractivity contribution is 0.163. The van der Waals surface area contributed by atoms with E-state index in [1.165, 1.54) is 17.8 Å². The van der Waals surface area contributed by atoms with Gasteiger partial charge in [-0.15, -0.1) is 11.8 Å². The van der Waals surface area contributed by atoms with E-state index in [9.17, 15) is 4.39 Å². The van der Waals surface area contributed by atoms with Crippen LogP contribution in [0.1, 0.15) is 25.7 Å². The normalized spacial score (nSPS) is 17.3. The SMILES string of the molecule is CSc1ccc(OC2CCN(c3nc4cnncc4nc3NC3CC3)CC2)c(F)c1. The van der Waals surface area contributed by atoms with Crippen LogP contribution in [-0.2, 0) is 0 Å². The van der Waals surface area contributed by atoms with Crippen molar-refractivity contribution in [3.63, 3.8) is 0 Å². The Morgan fingerprint density at radius 2 is 1.80 bits per heavy atom. The molecular weight excluding hydrogens is 403 g/mol. The Morgan fingerprint density at radius 1 is 1.07 bits per heavy atom. The minimum atomic E-state index is -0.304. The number of thioether (sulfide) groups is 1. The van der Waals surface area contributed by atoms with Gasteiger partial charge in [-0.1, -0.05) is 0 Å². The van der Waals surface area contributed by atoms with Crippen LogP contribution in [0.3, 0.4) is 0 Å². The molecule has 2 aliphatic rings. The molecule has 3 aromatic rings. The highest BCUT2D eigenvalue weighted by atomic mass is 32.2. The first kappa shape index (κ1) is 19.3. The van der Waals surface area contributed by atoms with Gasteiger partial charge in [0.2, 0.25) is 0 Å². The van der Waals surface area contributed by atoms with Gasteiger partial charge in [0, 0.05) is 36.9 Å². The van der Waals surface area contributed by atoms with E-state index >= 15 is 0 Å². The summed E-state index contributed by atoms with van der Waals surface area (Å²) in [5, 5.41) is 11.3. The van der Waals surface area contributed by atoms with Crippen molar-refractivity contribution in [2.75, 3.05) is 29.6 Å². The van der Waals surface area contributed by atoms with E-state index in [1.807, 2.05) is 12.3 Å². The Labute approximate surface area is 178 Å². The molecule has 0 bridgehead atoms. The van der Waals surface area contributed by atoms with Crippen LogP contribution in [0.4, 0.5) is 16.0 Å². The first-order chi connectivity index (χ1) is 14.7. The fourth-order valence-electron chi connectivity index (χ4n) is 3.63. The van der Waals surface area contributed by atoms with Gasteiger partial charge in [-0.3, -0.25) is 0 Å². The summed E-state index contributed by atoms with van der Waals surface area (Å²) < 4.78 is 20.2. The summed E-state index contributed by atoms with van der Waals surface area (Å²) in [7, 11) is 0. The average molecular weight is 427 g/mol. The molecule has 2 fully saturated rings. The van der Waals surface area contributed by atoms with Crippen LogP contribution < -0.4 is 15.0 Å². The lowest BCUT2D eigenvalue weighted by Crippen LogP contribution is -2.39. The molecule has 1 saturated heterocycles. The molecule has 0 amide bonds. The van der Waals surface area contributed by atoms with Crippen molar-refractivity contribution >= 4 is 34.4 Å². The number of hydrogen-bond donors (Lipinski definition) is 1. The van der Waals surface area contributed by atoms with Gasteiger partial charge in [-0.05, 0) is 37.3 Å². The van der Waals surface area contributed by atoms with Gasteiger partial charge in [0.15, 0.2) is 23.2 Å². The molecule has 2 aromatic heterocycles. The van der Waals surface area contributed by atoms with E-state index in [0.717, 1.165) is 66.3 Å². The molecule has 7 nitrogen and oxygen atoms in total. The van der Waals surface area contributed by atoms with Crippen LogP contribution in [0.2, 0.25) is 0 Å². The first-order valence-electron chi connectivity index (χ1n) is 10.2. The zero-order valence-corrected chi connectivity index (χ0v) is 17.5. The molecule has 1 aliphatic heterocycles. The second-order valence-corrected chi connectivity index (χ2v) is 8.55. The summed E-state index contributed by atoms with van der Waals surface area (Å²) in [4.78, 5) is 12.7.